The summed E-state index contributed by atoms with van der Waals surface area (Å²) >= 11 is 0. The van der Waals surface area contributed by atoms with Gasteiger partial charge < -0.3 is 14.2 Å². The maximum Gasteiger partial charge on any atom is 0.276 e. The van der Waals surface area contributed by atoms with E-state index in [4.69, 9.17) is 9.26 Å². The summed E-state index contributed by atoms with van der Waals surface area (Å²) in [6, 6.07) is 0.0247. The van der Waals surface area contributed by atoms with Crippen LogP contribution in [-0.4, -0.2) is 50.2 Å². The van der Waals surface area contributed by atoms with Crippen LogP contribution in [0.1, 0.15) is 52.8 Å². The molecule has 0 radical (unpaired) electrons. The van der Waals surface area contributed by atoms with Gasteiger partial charge in [0.1, 0.15) is 5.76 Å². The maximum atomic E-state index is 13.0. The number of nitrogens with zero attached hydrogens (tertiary/aromatic N) is 5. The monoisotopic (exact) mass is 329 g/mol. The third kappa shape index (κ3) is 2.09. The molecule has 0 bridgehead atoms. The number of hydrogen-bond donors (Lipinski definition) is 0. The van der Waals surface area contributed by atoms with Gasteiger partial charge in [0, 0.05) is 25.1 Å². The molecule has 1 saturated heterocycles. The lowest BCUT2D eigenvalue weighted by atomic mass is 9.95. The van der Waals surface area contributed by atoms with E-state index < -0.39 is 0 Å². The highest BCUT2D eigenvalue weighted by molar-refractivity contribution is 5.94. The second-order valence-corrected chi connectivity index (χ2v) is 6.77. The van der Waals surface area contributed by atoms with Crippen LogP contribution in [0, 0.1) is 0 Å². The lowest BCUT2D eigenvalue weighted by molar-refractivity contribution is -0.0606. The number of piperidine rings is 1. The first-order valence-corrected chi connectivity index (χ1v) is 8.58. The molecular formula is C16H19N5O3. The fourth-order valence-electron chi connectivity index (χ4n) is 4.07. The molecule has 8 heteroatoms. The van der Waals surface area contributed by atoms with Crippen molar-refractivity contribution in [2.75, 3.05) is 13.1 Å². The van der Waals surface area contributed by atoms with E-state index in [0.29, 0.717) is 25.4 Å². The number of amides is 1. The standard InChI is InChI=1S/C16H19N5O3/c22-16(15-11-3-1-2-4-13(11)24-18-15)20-6-5-14-12(8-20)21-10(9-23-14)7-17-19-21/h7,12,14H,1-6,8-9H2/t12-,14+/m0/s1. The minimum Gasteiger partial charge on any atom is -0.370 e. The summed E-state index contributed by atoms with van der Waals surface area (Å²) in [5.41, 5.74) is 2.47. The lowest BCUT2D eigenvalue weighted by Gasteiger charge is -2.40. The molecule has 0 aromatic carbocycles. The van der Waals surface area contributed by atoms with Crippen LogP contribution in [0.5, 0.6) is 0 Å². The minimum atomic E-state index is -0.0346. The molecule has 8 nitrogen and oxygen atoms in total. The minimum absolute atomic E-state index is 0.0247. The molecule has 1 aliphatic carbocycles. The molecule has 0 N–H and O–H groups in total. The van der Waals surface area contributed by atoms with Crippen molar-refractivity contribution in [2.45, 2.75) is 50.9 Å². The average Bonchev–Trinajstić information content (AvgIpc) is 3.27. The fraction of sp³-hybridized carbons (Fsp3) is 0.625. The van der Waals surface area contributed by atoms with Gasteiger partial charge in [0.2, 0.25) is 0 Å². The van der Waals surface area contributed by atoms with Gasteiger partial charge in [-0.1, -0.05) is 10.4 Å². The zero-order valence-corrected chi connectivity index (χ0v) is 13.3. The second-order valence-electron chi connectivity index (χ2n) is 6.77. The molecule has 5 rings (SSSR count). The molecule has 2 atom stereocenters. The van der Waals surface area contributed by atoms with Gasteiger partial charge in [-0.3, -0.25) is 4.79 Å². The molecule has 2 aliphatic heterocycles. The Kier molecular flexibility index (Phi) is 3.19. The zero-order chi connectivity index (χ0) is 16.1. The fourth-order valence-corrected chi connectivity index (χ4v) is 4.07. The van der Waals surface area contributed by atoms with Gasteiger partial charge in [-0.05, 0) is 25.7 Å². The van der Waals surface area contributed by atoms with E-state index >= 15 is 0 Å². The van der Waals surface area contributed by atoms with E-state index in [-0.39, 0.29) is 18.1 Å². The molecule has 0 unspecified atom stereocenters. The summed E-state index contributed by atoms with van der Waals surface area (Å²) in [4.78, 5) is 14.8. The van der Waals surface area contributed by atoms with Crippen LogP contribution >= 0.6 is 0 Å². The van der Waals surface area contributed by atoms with Gasteiger partial charge in [0.15, 0.2) is 5.69 Å². The third-order valence-electron chi connectivity index (χ3n) is 5.37. The Morgan fingerprint density at radius 2 is 2.21 bits per heavy atom. The Hall–Kier alpha value is -2.22. The van der Waals surface area contributed by atoms with Crippen molar-refractivity contribution in [2.24, 2.45) is 0 Å². The molecule has 0 spiro atoms. The average molecular weight is 329 g/mol. The highest BCUT2D eigenvalue weighted by Crippen LogP contribution is 2.32. The summed E-state index contributed by atoms with van der Waals surface area (Å²) in [6.07, 6.45) is 6.59. The van der Waals surface area contributed by atoms with Crippen molar-refractivity contribution in [3.63, 3.8) is 0 Å². The SMILES string of the molecule is O=C(c1noc2c1CCCC2)N1CC[C@H]2OCc3cnnn3[C@H]2C1. The van der Waals surface area contributed by atoms with E-state index in [2.05, 4.69) is 15.5 Å². The van der Waals surface area contributed by atoms with Crippen molar-refractivity contribution in [1.82, 2.24) is 25.1 Å². The summed E-state index contributed by atoms with van der Waals surface area (Å²) in [7, 11) is 0. The first-order valence-electron chi connectivity index (χ1n) is 8.58. The Morgan fingerprint density at radius 3 is 3.17 bits per heavy atom. The van der Waals surface area contributed by atoms with Gasteiger partial charge in [-0.2, -0.15) is 0 Å². The molecule has 126 valence electrons. The van der Waals surface area contributed by atoms with Crippen molar-refractivity contribution in [3.8, 4) is 0 Å². The molecule has 4 heterocycles. The van der Waals surface area contributed by atoms with E-state index in [0.717, 1.165) is 49.1 Å². The highest BCUT2D eigenvalue weighted by Gasteiger charge is 2.39. The van der Waals surface area contributed by atoms with E-state index in [1.165, 1.54) is 0 Å². The summed E-state index contributed by atoms with van der Waals surface area (Å²) < 4.78 is 13.2. The largest absolute Gasteiger partial charge is 0.370 e. The summed E-state index contributed by atoms with van der Waals surface area (Å²) in [5, 5.41) is 12.2. The van der Waals surface area contributed by atoms with Gasteiger partial charge in [0.05, 0.1) is 30.6 Å². The molecular weight excluding hydrogens is 310 g/mol. The lowest BCUT2D eigenvalue weighted by Crippen LogP contribution is -2.50. The molecule has 2 aromatic heterocycles. The van der Waals surface area contributed by atoms with E-state index in [9.17, 15) is 4.79 Å². The number of rotatable bonds is 1. The highest BCUT2D eigenvalue weighted by atomic mass is 16.5. The number of ether oxygens (including phenoxy) is 1. The first kappa shape index (κ1) is 14.2. The molecule has 1 amide bonds. The first-order chi connectivity index (χ1) is 11.8. The van der Waals surface area contributed by atoms with Crippen LogP contribution in [0.4, 0.5) is 0 Å². The summed E-state index contributed by atoms with van der Waals surface area (Å²) in [6.45, 7) is 1.78. The number of aryl methyl sites for hydroxylation is 1. The van der Waals surface area contributed by atoms with Gasteiger partial charge >= 0.3 is 0 Å². The van der Waals surface area contributed by atoms with E-state index in [1.807, 2.05) is 9.58 Å². The topological polar surface area (TPSA) is 86.3 Å². The van der Waals surface area contributed by atoms with Gasteiger partial charge in [0.25, 0.3) is 5.91 Å². The summed E-state index contributed by atoms with van der Waals surface area (Å²) in [5.74, 6) is 0.853. The van der Waals surface area contributed by atoms with Crippen LogP contribution in [0.25, 0.3) is 0 Å². The van der Waals surface area contributed by atoms with E-state index in [1.54, 1.807) is 6.20 Å². The Labute approximate surface area is 138 Å². The van der Waals surface area contributed by atoms with Crippen molar-refractivity contribution in [3.05, 3.63) is 28.9 Å². The third-order valence-corrected chi connectivity index (χ3v) is 5.37. The Morgan fingerprint density at radius 1 is 1.29 bits per heavy atom. The number of likely N-dealkylation sites (tertiary alicyclic amines) is 1. The molecule has 0 saturated carbocycles. The smallest absolute Gasteiger partial charge is 0.276 e. The number of hydrogen-bond acceptors (Lipinski definition) is 6. The van der Waals surface area contributed by atoms with Crippen LogP contribution in [0.3, 0.4) is 0 Å². The number of carbonyl (C=O) groups is 1. The number of carbonyl (C=O) groups excluding carboxylic acids is 1. The predicted molar refractivity (Wildman–Crippen MR) is 81.3 cm³/mol. The van der Waals surface area contributed by atoms with Crippen molar-refractivity contribution in [1.29, 1.82) is 0 Å². The number of aromatic nitrogens is 4. The molecule has 24 heavy (non-hydrogen) atoms. The molecule has 2 aromatic rings. The van der Waals surface area contributed by atoms with Crippen LogP contribution < -0.4 is 0 Å². The van der Waals surface area contributed by atoms with Crippen LogP contribution in [-0.2, 0) is 24.2 Å². The van der Waals surface area contributed by atoms with Crippen molar-refractivity contribution >= 4 is 5.91 Å². The van der Waals surface area contributed by atoms with Crippen LogP contribution in [0.2, 0.25) is 0 Å². The number of fused-ring (bicyclic) bond motifs is 4. The quantitative estimate of drug-likeness (QED) is 0.779. The molecule has 1 fully saturated rings. The Balaban J connectivity index is 1.41. The maximum absolute atomic E-state index is 13.0. The van der Waals surface area contributed by atoms with Gasteiger partial charge in [-0.25, -0.2) is 4.68 Å². The predicted octanol–water partition coefficient (Wildman–Crippen LogP) is 1.13. The normalized spacial score (nSPS) is 25.8. The van der Waals surface area contributed by atoms with Gasteiger partial charge in [-0.15, -0.1) is 5.10 Å². The zero-order valence-electron chi connectivity index (χ0n) is 13.3. The second kappa shape index (κ2) is 5.41. The van der Waals surface area contributed by atoms with Crippen LogP contribution in [0.15, 0.2) is 10.7 Å². The Bertz CT molecular complexity index is 783. The molecule has 3 aliphatic rings. The van der Waals surface area contributed by atoms with Crippen molar-refractivity contribution < 1.29 is 14.1 Å².